The van der Waals surface area contributed by atoms with Crippen LogP contribution in [0.1, 0.15) is 24.8 Å². The van der Waals surface area contributed by atoms with Crippen LogP contribution in [0.3, 0.4) is 0 Å². The quantitative estimate of drug-likeness (QED) is 0.836. The van der Waals surface area contributed by atoms with Crippen LogP contribution in [0.15, 0.2) is 29.2 Å². The van der Waals surface area contributed by atoms with E-state index in [9.17, 15) is 8.42 Å². The van der Waals surface area contributed by atoms with E-state index < -0.39 is 10.0 Å². The van der Waals surface area contributed by atoms with Crippen LogP contribution in [-0.4, -0.2) is 49.8 Å². The number of benzene rings is 1. The van der Waals surface area contributed by atoms with Gasteiger partial charge in [-0.1, -0.05) is 17.7 Å². The van der Waals surface area contributed by atoms with Gasteiger partial charge in [0, 0.05) is 19.1 Å². The van der Waals surface area contributed by atoms with Gasteiger partial charge in [0.2, 0.25) is 10.0 Å². The summed E-state index contributed by atoms with van der Waals surface area (Å²) in [6.07, 6.45) is 3.25. The zero-order valence-corrected chi connectivity index (χ0v) is 12.8. The highest BCUT2D eigenvalue weighted by atomic mass is 32.2. The first-order valence-electron chi connectivity index (χ1n) is 7.38. The van der Waals surface area contributed by atoms with Crippen molar-refractivity contribution in [1.29, 1.82) is 0 Å². The Labute approximate surface area is 121 Å². The molecule has 0 radical (unpaired) electrons. The van der Waals surface area contributed by atoms with Crippen molar-refractivity contribution in [3.05, 3.63) is 29.8 Å². The molecule has 2 saturated heterocycles. The van der Waals surface area contributed by atoms with Gasteiger partial charge in [0.25, 0.3) is 0 Å². The first-order valence-corrected chi connectivity index (χ1v) is 8.82. The zero-order valence-electron chi connectivity index (χ0n) is 12.0. The van der Waals surface area contributed by atoms with Gasteiger partial charge in [0.15, 0.2) is 0 Å². The largest absolute Gasteiger partial charge is 0.299 e. The fraction of sp³-hybridized carbons (Fsp3) is 0.600. The molecule has 1 atom stereocenters. The molecule has 4 nitrogen and oxygen atoms in total. The van der Waals surface area contributed by atoms with E-state index >= 15 is 0 Å². The number of nitrogens with zero attached hydrogens (tertiary/aromatic N) is 2. The Morgan fingerprint density at radius 3 is 2.50 bits per heavy atom. The third kappa shape index (κ3) is 2.62. The minimum atomic E-state index is -3.33. The molecule has 0 aromatic heterocycles. The molecule has 2 fully saturated rings. The van der Waals surface area contributed by atoms with E-state index in [-0.39, 0.29) is 0 Å². The van der Waals surface area contributed by atoms with Crippen molar-refractivity contribution in [2.75, 3.05) is 26.2 Å². The molecule has 3 rings (SSSR count). The third-order valence-electron chi connectivity index (χ3n) is 4.43. The number of sulfonamides is 1. The second kappa shape index (κ2) is 5.47. The summed E-state index contributed by atoms with van der Waals surface area (Å²) < 4.78 is 27.2. The van der Waals surface area contributed by atoms with Gasteiger partial charge in [-0.25, -0.2) is 8.42 Å². The molecule has 2 aliphatic rings. The van der Waals surface area contributed by atoms with Crippen LogP contribution in [0.25, 0.3) is 0 Å². The summed E-state index contributed by atoms with van der Waals surface area (Å²) in [5.41, 5.74) is 1.08. The van der Waals surface area contributed by atoms with Crippen LogP contribution in [0.4, 0.5) is 0 Å². The highest BCUT2D eigenvalue weighted by molar-refractivity contribution is 7.89. The molecule has 5 heteroatoms. The van der Waals surface area contributed by atoms with E-state index in [0.717, 1.165) is 31.5 Å². The second-order valence-electron chi connectivity index (χ2n) is 5.86. The Kier molecular flexibility index (Phi) is 3.84. The van der Waals surface area contributed by atoms with Gasteiger partial charge in [0.05, 0.1) is 4.90 Å². The highest BCUT2D eigenvalue weighted by Gasteiger charge is 2.34. The van der Waals surface area contributed by atoms with Crippen molar-refractivity contribution in [2.24, 2.45) is 0 Å². The van der Waals surface area contributed by atoms with Crippen molar-refractivity contribution < 1.29 is 8.42 Å². The summed E-state index contributed by atoms with van der Waals surface area (Å²) in [6.45, 7) is 5.42. The van der Waals surface area contributed by atoms with E-state index in [1.54, 1.807) is 16.4 Å². The summed E-state index contributed by atoms with van der Waals surface area (Å²) in [5, 5.41) is 0. The Morgan fingerprint density at radius 2 is 1.75 bits per heavy atom. The van der Waals surface area contributed by atoms with Gasteiger partial charge >= 0.3 is 0 Å². The molecule has 0 amide bonds. The maximum Gasteiger partial charge on any atom is 0.243 e. The molecular formula is C15H22N2O2S. The van der Waals surface area contributed by atoms with E-state index in [0.29, 0.717) is 24.0 Å². The minimum absolute atomic E-state index is 0.415. The van der Waals surface area contributed by atoms with Crippen LogP contribution >= 0.6 is 0 Å². The van der Waals surface area contributed by atoms with E-state index in [1.807, 2.05) is 19.1 Å². The molecule has 0 N–H and O–H groups in total. The summed E-state index contributed by atoms with van der Waals surface area (Å²) >= 11 is 0. The van der Waals surface area contributed by atoms with Gasteiger partial charge in [-0.3, -0.25) is 4.90 Å². The van der Waals surface area contributed by atoms with Gasteiger partial charge < -0.3 is 0 Å². The molecule has 0 aliphatic carbocycles. The smallest absolute Gasteiger partial charge is 0.243 e. The number of aryl methyl sites for hydroxylation is 1. The predicted octanol–water partition coefficient (Wildman–Crippen LogP) is 1.85. The van der Waals surface area contributed by atoms with Gasteiger partial charge in [0.1, 0.15) is 0 Å². The lowest BCUT2D eigenvalue weighted by atomic mass is 10.2. The normalized spacial score (nSPS) is 25.4. The van der Waals surface area contributed by atoms with Crippen molar-refractivity contribution in [3.63, 3.8) is 0 Å². The third-order valence-corrected chi connectivity index (χ3v) is 6.30. The van der Waals surface area contributed by atoms with Crippen LogP contribution in [0.5, 0.6) is 0 Å². The van der Waals surface area contributed by atoms with E-state index in [2.05, 4.69) is 4.90 Å². The molecule has 1 unspecified atom stereocenters. The summed E-state index contributed by atoms with van der Waals surface area (Å²) in [7, 11) is -3.33. The Bertz CT molecular complexity index is 568. The first kappa shape index (κ1) is 14.0. The number of fused-ring (bicyclic) bond motifs is 1. The monoisotopic (exact) mass is 294 g/mol. The molecule has 2 heterocycles. The van der Waals surface area contributed by atoms with Gasteiger partial charge in [-0.15, -0.1) is 0 Å². The highest BCUT2D eigenvalue weighted by Crippen LogP contribution is 2.25. The zero-order chi connectivity index (χ0) is 14.2. The molecule has 1 aromatic rings. The van der Waals surface area contributed by atoms with E-state index in [4.69, 9.17) is 0 Å². The molecular weight excluding hydrogens is 272 g/mol. The lowest BCUT2D eigenvalue weighted by Crippen LogP contribution is -2.39. The van der Waals surface area contributed by atoms with Gasteiger partial charge in [-0.2, -0.15) is 4.31 Å². The van der Waals surface area contributed by atoms with Crippen LogP contribution < -0.4 is 0 Å². The summed E-state index contributed by atoms with van der Waals surface area (Å²) in [5.74, 6) is 0. The first-order chi connectivity index (χ1) is 9.57. The number of hydrogen-bond acceptors (Lipinski definition) is 3. The molecule has 0 saturated carbocycles. The van der Waals surface area contributed by atoms with Crippen LogP contribution in [0, 0.1) is 6.92 Å². The predicted molar refractivity (Wildman–Crippen MR) is 79.1 cm³/mol. The SMILES string of the molecule is Cc1ccc(S(=O)(=O)N2CCCN3CCCC3C2)cc1. The average molecular weight is 294 g/mol. The lowest BCUT2D eigenvalue weighted by Gasteiger charge is -2.25. The fourth-order valence-corrected chi connectivity index (χ4v) is 4.77. The number of rotatable bonds is 2. The lowest BCUT2D eigenvalue weighted by molar-refractivity contribution is 0.257. The van der Waals surface area contributed by atoms with Crippen molar-refractivity contribution in [2.45, 2.75) is 37.1 Å². The average Bonchev–Trinajstić information content (AvgIpc) is 2.76. The maximum atomic E-state index is 12.7. The molecule has 0 spiro atoms. The minimum Gasteiger partial charge on any atom is -0.299 e. The topological polar surface area (TPSA) is 40.6 Å². The Hall–Kier alpha value is -0.910. The Balaban J connectivity index is 1.84. The molecule has 110 valence electrons. The van der Waals surface area contributed by atoms with Crippen molar-refractivity contribution in [1.82, 2.24) is 9.21 Å². The number of hydrogen-bond donors (Lipinski definition) is 0. The molecule has 20 heavy (non-hydrogen) atoms. The Morgan fingerprint density at radius 1 is 1.05 bits per heavy atom. The van der Waals surface area contributed by atoms with Crippen molar-refractivity contribution in [3.8, 4) is 0 Å². The molecule has 0 bridgehead atoms. The standard InChI is InChI=1S/C15H22N2O2S/c1-13-5-7-15(8-6-13)20(18,19)17-11-3-10-16-9-2-4-14(16)12-17/h5-8,14H,2-4,9-12H2,1H3. The molecule has 2 aliphatic heterocycles. The summed E-state index contributed by atoms with van der Waals surface area (Å²) in [6, 6.07) is 7.60. The maximum absolute atomic E-state index is 12.7. The second-order valence-corrected chi connectivity index (χ2v) is 7.80. The summed E-state index contributed by atoms with van der Waals surface area (Å²) in [4.78, 5) is 2.87. The van der Waals surface area contributed by atoms with Crippen LogP contribution in [0.2, 0.25) is 0 Å². The van der Waals surface area contributed by atoms with Gasteiger partial charge in [-0.05, 0) is 51.4 Å². The van der Waals surface area contributed by atoms with Crippen molar-refractivity contribution >= 4 is 10.0 Å². The molecule has 1 aromatic carbocycles. The fourth-order valence-electron chi connectivity index (χ4n) is 3.25. The van der Waals surface area contributed by atoms with Crippen LogP contribution in [-0.2, 0) is 10.0 Å². The van der Waals surface area contributed by atoms with E-state index in [1.165, 1.54) is 6.42 Å².